The predicted octanol–water partition coefficient (Wildman–Crippen LogP) is 16.3. The zero-order chi connectivity index (χ0) is 40.8. The molecule has 2 aliphatic rings. The molecular formula is C61H39N. The minimum atomic E-state index is -0.519. The summed E-state index contributed by atoms with van der Waals surface area (Å²) in [4.78, 5) is 2.55. The molecule has 0 saturated heterocycles. The van der Waals surface area contributed by atoms with Crippen LogP contribution in [0.15, 0.2) is 237 Å². The van der Waals surface area contributed by atoms with Crippen LogP contribution in [0.2, 0.25) is 0 Å². The number of hydrogen-bond acceptors (Lipinski definition) is 1. The number of nitrogens with zero attached hydrogens (tertiary/aromatic N) is 1. The fourth-order valence-electron chi connectivity index (χ4n) is 11.1. The van der Waals surface area contributed by atoms with Gasteiger partial charge in [-0.1, -0.05) is 200 Å². The molecule has 0 unspecified atom stereocenters. The Bertz CT molecular complexity index is 3500. The van der Waals surface area contributed by atoms with Crippen LogP contribution < -0.4 is 4.90 Å². The minimum Gasteiger partial charge on any atom is -0.310 e. The Morgan fingerprint density at radius 2 is 0.677 bits per heavy atom. The Morgan fingerprint density at radius 3 is 1.31 bits per heavy atom. The first-order chi connectivity index (χ1) is 30.8. The van der Waals surface area contributed by atoms with Crippen molar-refractivity contribution in [2.75, 3.05) is 4.90 Å². The molecule has 0 atom stereocenters. The van der Waals surface area contributed by atoms with Crippen LogP contribution in [-0.2, 0) is 5.41 Å². The third-order valence-electron chi connectivity index (χ3n) is 13.6. The van der Waals surface area contributed by atoms with Crippen LogP contribution in [0.3, 0.4) is 0 Å². The highest BCUT2D eigenvalue weighted by Crippen LogP contribution is 2.65. The lowest BCUT2D eigenvalue weighted by Crippen LogP contribution is -2.28. The van der Waals surface area contributed by atoms with Crippen molar-refractivity contribution >= 4 is 49.4 Å². The van der Waals surface area contributed by atoms with Crippen molar-refractivity contribution in [3.63, 3.8) is 0 Å². The monoisotopic (exact) mass is 785 g/mol. The molecule has 2 aliphatic carbocycles. The van der Waals surface area contributed by atoms with E-state index >= 15 is 0 Å². The van der Waals surface area contributed by atoms with E-state index in [4.69, 9.17) is 0 Å². The maximum Gasteiger partial charge on any atom is 0.0746 e. The standard InChI is InChI=1S/C61H39N/c1-2-17-40(18-3-1)41-19-14-20-42(37-41)43-21-15-22-44(38-43)62(45-35-36-50-48-25-5-4-23-46(48)47-24-6-7-26-49(47)55(50)39-45)59-34-16-30-54-53-29-10-13-33-58(53)61(60(54)59)56-31-11-8-27-51(56)52-28-9-12-32-57(52)61/h1-39H. The average molecular weight is 786 g/mol. The van der Waals surface area contributed by atoms with Crippen molar-refractivity contribution in [2.24, 2.45) is 0 Å². The third-order valence-corrected chi connectivity index (χ3v) is 13.6. The number of benzene rings is 11. The largest absolute Gasteiger partial charge is 0.310 e. The number of hydrogen-bond donors (Lipinski definition) is 0. The number of rotatable bonds is 5. The summed E-state index contributed by atoms with van der Waals surface area (Å²) in [6.07, 6.45) is 0. The van der Waals surface area contributed by atoms with Gasteiger partial charge in [0, 0.05) is 16.9 Å². The number of anilines is 3. The van der Waals surface area contributed by atoms with Gasteiger partial charge in [-0.15, -0.1) is 0 Å². The van der Waals surface area contributed by atoms with E-state index in [2.05, 4.69) is 241 Å². The Morgan fingerprint density at radius 1 is 0.258 bits per heavy atom. The van der Waals surface area contributed by atoms with E-state index in [-0.39, 0.29) is 0 Å². The van der Waals surface area contributed by atoms with E-state index in [1.807, 2.05) is 0 Å². The van der Waals surface area contributed by atoms with E-state index < -0.39 is 5.41 Å². The molecule has 0 N–H and O–H groups in total. The van der Waals surface area contributed by atoms with Gasteiger partial charge in [0.25, 0.3) is 0 Å². The van der Waals surface area contributed by atoms with E-state index in [1.54, 1.807) is 0 Å². The minimum absolute atomic E-state index is 0.519. The Kier molecular flexibility index (Phi) is 7.59. The van der Waals surface area contributed by atoms with Gasteiger partial charge in [-0.3, -0.25) is 0 Å². The summed E-state index contributed by atoms with van der Waals surface area (Å²) in [7, 11) is 0. The van der Waals surface area contributed by atoms with Crippen LogP contribution in [0.25, 0.3) is 76.8 Å². The first-order valence-electron chi connectivity index (χ1n) is 21.6. The van der Waals surface area contributed by atoms with Crippen molar-refractivity contribution in [3.05, 3.63) is 259 Å². The summed E-state index contributed by atoms with van der Waals surface area (Å²) in [5.41, 5.74) is 18.1. The second-order valence-electron chi connectivity index (χ2n) is 16.7. The summed E-state index contributed by atoms with van der Waals surface area (Å²) in [5.74, 6) is 0. The molecule has 0 heterocycles. The van der Waals surface area contributed by atoms with Gasteiger partial charge >= 0.3 is 0 Å². The molecule has 1 heteroatoms. The predicted molar refractivity (Wildman–Crippen MR) is 261 cm³/mol. The van der Waals surface area contributed by atoms with Crippen molar-refractivity contribution in [3.8, 4) is 44.5 Å². The Balaban J connectivity index is 1.12. The zero-order valence-electron chi connectivity index (χ0n) is 34.0. The Labute approximate surface area is 361 Å². The van der Waals surface area contributed by atoms with Crippen molar-refractivity contribution in [1.82, 2.24) is 0 Å². The maximum atomic E-state index is 2.55. The average Bonchev–Trinajstić information content (AvgIpc) is 3.82. The fourth-order valence-corrected chi connectivity index (χ4v) is 11.1. The Hall–Kier alpha value is -8.00. The van der Waals surface area contributed by atoms with Crippen LogP contribution >= 0.6 is 0 Å². The van der Waals surface area contributed by atoms with Crippen LogP contribution in [0.5, 0.6) is 0 Å². The molecule has 0 radical (unpaired) electrons. The van der Waals surface area contributed by atoms with Crippen LogP contribution in [0.1, 0.15) is 22.3 Å². The topological polar surface area (TPSA) is 3.24 Å². The lowest BCUT2D eigenvalue weighted by molar-refractivity contribution is 0.793. The molecule has 13 rings (SSSR count). The zero-order valence-corrected chi connectivity index (χ0v) is 34.0. The maximum absolute atomic E-state index is 2.55. The fraction of sp³-hybridized carbons (Fsp3) is 0.0164. The lowest BCUT2D eigenvalue weighted by atomic mass is 9.70. The van der Waals surface area contributed by atoms with E-state index in [0.717, 1.165) is 11.4 Å². The normalized spacial score (nSPS) is 13.0. The van der Waals surface area contributed by atoms with Gasteiger partial charge in [-0.25, -0.2) is 0 Å². The second-order valence-corrected chi connectivity index (χ2v) is 16.7. The van der Waals surface area contributed by atoms with Crippen molar-refractivity contribution in [1.29, 1.82) is 0 Å². The summed E-state index contributed by atoms with van der Waals surface area (Å²) >= 11 is 0. The summed E-state index contributed by atoms with van der Waals surface area (Å²) in [6.45, 7) is 0. The molecule has 62 heavy (non-hydrogen) atoms. The third kappa shape index (κ3) is 4.91. The molecule has 0 aliphatic heterocycles. The van der Waals surface area contributed by atoms with E-state index in [9.17, 15) is 0 Å². The molecule has 0 saturated carbocycles. The molecule has 0 bridgehead atoms. The lowest BCUT2D eigenvalue weighted by Gasteiger charge is -2.36. The highest BCUT2D eigenvalue weighted by atomic mass is 15.1. The van der Waals surface area contributed by atoms with Crippen LogP contribution in [0, 0.1) is 0 Å². The summed E-state index contributed by atoms with van der Waals surface area (Å²) < 4.78 is 0. The van der Waals surface area contributed by atoms with Crippen LogP contribution in [-0.4, -0.2) is 0 Å². The molecule has 0 amide bonds. The highest BCUT2D eigenvalue weighted by Gasteiger charge is 2.53. The van der Waals surface area contributed by atoms with Crippen molar-refractivity contribution < 1.29 is 0 Å². The molecule has 1 spiro atoms. The highest BCUT2D eigenvalue weighted by molar-refractivity contribution is 6.26. The molecule has 1 nitrogen and oxygen atoms in total. The second kappa shape index (κ2) is 13.5. The molecule has 11 aromatic carbocycles. The van der Waals surface area contributed by atoms with Gasteiger partial charge in [0.2, 0.25) is 0 Å². The SMILES string of the molecule is c1ccc(-c2cccc(-c3cccc(N(c4ccc5c6ccccc6c6ccccc6c5c4)c4cccc5c4C4(c6ccccc6-c6ccccc64)c4ccccc4-5)c3)c2)cc1. The molecule has 288 valence electrons. The van der Waals surface area contributed by atoms with Gasteiger partial charge in [0.05, 0.1) is 11.1 Å². The van der Waals surface area contributed by atoms with Crippen molar-refractivity contribution in [2.45, 2.75) is 5.41 Å². The van der Waals surface area contributed by atoms with Gasteiger partial charge in [-0.2, -0.15) is 0 Å². The molecule has 11 aromatic rings. The number of fused-ring (bicyclic) bond motifs is 16. The quantitative estimate of drug-likeness (QED) is 0.157. The first kappa shape index (κ1) is 34.8. The van der Waals surface area contributed by atoms with E-state index in [1.165, 1.54) is 105 Å². The van der Waals surface area contributed by atoms with Gasteiger partial charge in [0.15, 0.2) is 0 Å². The van der Waals surface area contributed by atoms with Gasteiger partial charge in [-0.05, 0) is 130 Å². The van der Waals surface area contributed by atoms with Gasteiger partial charge in [0.1, 0.15) is 0 Å². The van der Waals surface area contributed by atoms with Crippen LogP contribution in [0.4, 0.5) is 17.1 Å². The first-order valence-corrected chi connectivity index (χ1v) is 21.6. The summed E-state index contributed by atoms with van der Waals surface area (Å²) in [5, 5.41) is 7.59. The summed E-state index contributed by atoms with van der Waals surface area (Å²) in [6, 6.07) is 88.0. The van der Waals surface area contributed by atoms with Gasteiger partial charge < -0.3 is 4.90 Å². The molecular weight excluding hydrogens is 747 g/mol. The molecule has 0 aromatic heterocycles. The smallest absolute Gasteiger partial charge is 0.0746 e. The molecule has 0 fully saturated rings. The van der Waals surface area contributed by atoms with E-state index in [0.29, 0.717) is 0 Å².